The minimum Gasteiger partial charge on any atom is -0.464 e. The van der Waals surface area contributed by atoms with Crippen LogP contribution in [0.5, 0.6) is 0 Å². The number of carbonyl (C=O) groups excluding carboxylic acids is 1. The van der Waals surface area contributed by atoms with Gasteiger partial charge in [-0.1, -0.05) is 30.3 Å². The van der Waals surface area contributed by atoms with Gasteiger partial charge in [0.2, 0.25) is 5.54 Å². The molecule has 0 amide bonds. The molecule has 6 heteroatoms. The Labute approximate surface area is 128 Å². The van der Waals surface area contributed by atoms with E-state index in [1.807, 2.05) is 37.3 Å². The van der Waals surface area contributed by atoms with Gasteiger partial charge in [-0.05, 0) is 24.6 Å². The Kier molecular flexibility index (Phi) is 3.06. The maximum absolute atomic E-state index is 12.7. The highest BCUT2D eigenvalue weighted by atomic mass is 17.0. The molecular weight excluding hydrogens is 286 g/mol. The van der Waals surface area contributed by atoms with Crippen LogP contribution in [0.25, 0.3) is 0 Å². The van der Waals surface area contributed by atoms with E-state index in [0.717, 1.165) is 5.56 Å². The van der Waals surface area contributed by atoms with E-state index in [0.29, 0.717) is 19.8 Å². The molecule has 4 rings (SSSR count). The number of benzene rings is 1. The molecular formula is C16H19NO5. The van der Waals surface area contributed by atoms with Crippen molar-refractivity contribution >= 4 is 5.97 Å². The number of hydrogen-bond acceptors (Lipinski definition) is 6. The van der Waals surface area contributed by atoms with Crippen LogP contribution in [0.3, 0.4) is 0 Å². The van der Waals surface area contributed by atoms with Gasteiger partial charge in [-0.3, -0.25) is 9.68 Å². The summed E-state index contributed by atoms with van der Waals surface area (Å²) in [5.41, 5.74) is -0.855. The summed E-state index contributed by atoms with van der Waals surface area (Å²) in [4.78, 5) is 24.4. The Morgan fingerprint density at radius 3 is 2.86 bits per heavy atom. The summed E-state index contributed by atoms with van der Waals surface area (Å²) in [5.74, 6) is -0.415. The number of ether oxygens (including phenoxy) is 2. The van der Waals surface area contributed by atoms with Crippen LogP contribution >= 0.6 is 0 Å². The number of esters is 1. The fourth-order valence-corrected chi connectivity index (χ4v) is 3.83. The quantitative estimate of drug-likeness (QED) is 0.787. The SMILES string of the molecule is CCOC(=O)[C@@]12[C@H]3CO[C@@H]1[C@@](C)(c1ccccc1)ON2OC3. The lowest BCUT2D eigenvalue weighted by atomic mass is 9.76. The van der Waals surface area contributed by atoms with Crippen molar-refractivity contribution in [3.8, 4) is 0 Å². The smallest absolute Gasteiger partial charge is 0.334 e. The molecule has 0 radical (unpaired) electrons. The highest BCUT2D eigenvalue weighted by Crippen LogP contribution is 2.57. The van der Waals surface area contributed by atoms with Crippen molar-refractivity contribution in [1.29, 1.82) is 0 Å². The average molecular weight is 305 g/mol. The van der Waals surface area contributed by atoms with Gasteiger partial charge in [-0.2, -0.15) is 0 Å². The Morgan fingerprint density at radius 1 is 1.36 bits per heavy atom. The molecule has 3 aliphatic rings. The van der Waals surface area contributed by atoms with Crippen LogP contribution in [0.4, 0.5) is 0 Å². The van der Waals surface area contributed by atoms with Crippen molar-refractivity contribution in [3.05, 3.63) is 35.9 Å². The van der Waals surface area contributed by atoms with Crippen LogP contribution in [-0.4, -0.2) is 42.7 Å². The lowest BCUT2D eigenvalue weighted by Gasteiger charge is -2.30. The topological polar surface area (TPSA) is 57.2 Å². The normalized spacial score (nSPS) is 39.9. The zero-order valence-electron chi connectivity index (χ0n) is 12.7. The number of carbonyl (C=O) groups is 1. The average Bonchev–Trinajstić information content (AvgIpc) is 3.15. The van der Waals surface area contributed by atoms with E-state index in [-0.39, 0.29) is 11.9 Å². The Bertz CT molecular complexity index is 593. The van der Waals surface area contributed by atoms with Crippen molar-refractivity contribution < 1.29 is 23.9 Å². The van der Waals surface area contributed by atoms with Crippen molar-refractivity contribution in [2.75, 3.05) is 19.8 Å². The minimum atomic E-state index is -1.01. The maximum Gasteiger partial charge on any atom is 0.334 e. The third kappa shape index (κ3) is 1.55. The van der Waals surface area contributed by atoms with E-state index in [2.05, 4.69) is 0 Å². The molecule has 1 aromatic carbocycles. The third-order valence-corrected chi connectivity index (χ3v) is 4.90. The van der Waals surface area contributed by atoms with Gasteiger partial charge in [0.1, 0.15) is 11.7 Å². The number of hydrogen-bond donors (Lipinski definition) is 0. The van der Waals surface area contributed by atoms with Crippen LogP contribution in [-0.2, 0) is 29.5 Å². The van der Waals surface area contributed by atoms with Gasteiger partial charge in [-0.15, -0.1) is 0 Å². The van der Waals surface area contributed by atoms with E-state index < -0.39 is 17.2 Å². The largest absolute Gasteiger partial charge is 0.464 e. The second-order valence-electron chi connectivity index (χ2n) is 6.07. The molecule has 3 saturated heterocycles. The molecule has 3 fully saturated rings. The van der Waals surface area contributed by atoms with E-state index in [9.17, 15) is 4.79 Å². The molecule has 3 heterocycles. The van der Waals surface area contributed by atoms with Crippen LogP contribution in [0.1, 0.15) is 19.4 Å². The molecule has 0 N–H and O–H groups in total. The van der Waals surface area contributed by atoms with E-state index in [1.54, 1.807) is 6.92 Å². The number of hydroxylamine groups is 2. The summed E-state index contributed by atoms with van der Waals surface area (Å²) >= 11 is 0. The van der Waals surface area contributed by atoms with Gasteiger partial charge in [-0.25, -0.2) is 4.79 Å². The molecule has 3 aliphatic heterocycles. The first kappa shape index (κ1) is 14.1. The minimum absolute atomic E-state index is 0.0814. The first-order valence-corrected chi connectivity index (χ1v) is 7.60. The van der Waals surface area contributed by atoms with Gasteiger partial charge in [0, 0.05) is 5.92 Å². The third-order valence-electron chi connectivity index (χ3n) is 4.90. The van der Waals surface area contributed by atoms with Crippen molar-refractivity contribution in [2.45, 2.75) is 31.1 Å². The predicted octanol–water partition coefficient (Wildman–Crippen LogP) is 1.41. The van der Waals surface area contributed by atoms with Gasteiger partial charge in [0.25, 0.3) is 0 Å². The molecule has 6 nitrogen and oxygen atoms in total. The van der Waals surface area contributed by atoms with Crippen molar-refractivity contribution in [1.82, 2.24) is 5.23 Å². The molecule has 1 aromatic rings. The zero-order valence-corrected chi connectivity index (χ0v) is 12.7. The monoisotopic (exact) mass is 305 g/mol. The summed E-state index contributed by atoms with van der Waals surface area (Å²) in [7, 11) is 0. The highest BCUT2D eigenvalue weighted by molar-refractivity contribution is 5.83. The van der Waals surface area contributed by atoms with Gasteiger partial charge in [0.05, 0.1) is 19.8 Å². The lowest BCUT2D eigenvalue weighted by Crippen LogP contribution is -2.56. The molecule has 118 valence electrons. The molecule has 4 atom stereocenters. The molecule has 0 spiro atoms. The summed E-state index contributed by atoms with van der Waals surface area (Å²) in [6.45, 7) is 4.91. The summed E-state index contributed by atoms with van der Waals surface area (Å²) in [5, 5.41) is 1.33. The number of rotatable bonds is 3. The Balaban J connectivity index is 1.80. The van der Waals surface area contributed by atoms with E-state index in [4.69, 9.17) is 19.1 Å². The highest BCUT2D eigenvalue weighted by Gasteiger charge is 2.77. The van der Waals surface area contributed by atoms with Gasteiger partial charge >= 0.3 is 5.97 Å². The second-order valence-corrected chi connectivity index (χ2v) is 6.07. The molecule has 0 bridgehead atoms. The van der Waals surface area contributed by atoms with Crippen LogP contribution < -0.4 is 0 Å². The van der Waals surface area contributed by atoms with Gasteiger partial charge in [0.15, 0.2) is 0 Å². The maximum atomic E-state index is 12.7. The number of nitrogens with zero attached hydrogens (tertiary/aromatic N) is 1. The van der Waals surface area contributed by atoms with Crippen molar-refractivity contribution in [2.24, 2.45) is 5.92 Å². The van der Waals surface area contributed by atoms with Crippen LogP contribution in [0, 0.1) is 5.92 Å². The van der Waals surface area contributed by atoms with Crippen LogP contribution in [0.2, 0.25) is 0 Å². The van der Waals surface area contributed by atoms with E-state index in [1.165, 1.54) is 5.23 Å². The fraction of sp³-hybridized carbons (Fsp3) is 0.562. The first-order chi connectivity index (χ1) is 10.6. The zero-order chi connectivity index (χ0) is 15.4. The molecule has 0 unspecified atom stereocenters. The molecule has 0 aromatic heterocycles. The Morgan fingerprint density at radius 2 is 2.14 bits per heavy atom. The second kappa shape index (κ2) is 4.76. The Hall–Kier alpha value is -1.47. The predicted molar refractivity (Wildman–Crippen MR) is 75.3 cm³/mol. The molecule has 0 aliphatic carbocycles. The van der Waals surface area contributed by atoms with Crippen molar-refractivity contribution in [3.63, 3.8) is 0 Å². The molecule has 0 saturated carbocycles. The fourth-order valence-electron chi connectivity index (χ4n) is 3.83. The lowest BCUT2D eigenvalue weighted by molar-refractivity contribution is -0.374. The van der Waals surface area contributed by atoms with Crippen LogP contribution in [0.15, 0.2) is 30.3 Å². The summed E-state index contributed by atoms with van der Waals surface area (Å²) in [6, 6.07) is 9.77. The van der Waals surface area contributed by atoms with E-state index >= 15 is 0 Å². The summed E-state index contributed by atoms with van der Waals surface area (Å²) in [6.07, 6.45) is -0.464. The first-order valence-electron chi connectivity index (χ1n) is 7.60. The summed E-state index contributed by atoms with van der Waals surface area (Å²) < 4.78 is 11.3. The standard InChI is InChI=1S/C16H19NO5/c1-3-19-14(18)16-12-9-20-13(16)15(2,22-17(16)21-10-12)11-7-5-4-6-8-11/h4-8,12-13H,3,9-10H2,1-2H3/t12-,13+,15+,16+/m0/s1. The molecule has 22 heavy (non-hydrogen) atoms. The van der Waals surface area contributed by atoms with Gasteiger partial charge < -0.3 is 9.47 Å².